The van der Waals surface area contributed by atoms with Crippen molar-refractivity contribution in [1.82, 2.24) is 14.3 Å². The minimum absolute atomic E-state index is 0.0661. The first-order valence-corrected chi connectivity index (χ1v) is 8.93. The lowest BCUT2D eigenvalue weighted by atomic mass is 9.95. The fourth-order valence-electron chi connectivity index (χ4n) is 3.62. The molecule has 0 fully saturated rings. The zero-order chi connectivity index (χ0) is 18.8. The van der Waals surface area contributed by atoms with Gasteiger partial charge >= 0.3 is 11.4 Å². The maximum Gasteiger partial charge on any atom is 0.347 e. The number of hydrogen-bond acceptors (Lipinski definition) is 3. The maximum absolute atomic E-state index is 12.9. The van der Waals surface area contributed by atoms with Crippen molar-refractivity contribution in [2.75, 3.05) is 7.11 Å². The van der Waals surface area contributed by atoms with Gasteiger partial charge in [0.1, 0.15) is 5.75 Å². The summed E-state index contributed by atoms with van der Waals surface area (Å²) >= 11 is 0. The van der Waals surface area contributed by atoms with E-state index in [0.29, 0.717) is 6.42 Å². The molecule has 0 bridgehead atoms. The molecule has 1 aliphatic carbocycles. The number of benzene rings is 2. The molecule has 1 heterocycles. The first-order chi connectivity index (χ1) is 13.2. The number of aromatic nitrogens is 3. The van der Waals surface area contributed by atoms with E-state index >= 15 is 0 Å². The predicted molar refractivity (Wildman–Crippen MR) is 103 cm³/mol. The lowest BCUT2D eigenvalue weighted by Crippen LogP contribution is -2.31. The number of aromatic amines is 1. The highest BCUT2D eigenvalue weighted by Gasteiger charge is 2.28. The summed E-state index contributed by atoms with van der Waals surface area (Å²) in [5.41, 5.74) is 1.29. The Hall–Kier alpha value is -3.28. The van der Waals surface area contributed by atoms with Crippen LogP contribution in [0.1, 0.15) is 29.5 Å². The minimum Gasteiger partial charge on any atom is -0.497 e. The Morgan fingerprint density at radius 1 is 1.07 bits per heavy atom. The van der Waals surface area contributed by atoms with Crippen LogP contribution < -0.4 is 16.1 Å². The maximum atomic E-state index is 12.9. The van der Waals surface area contributed by atoms with E-state index < -0.39 is 5.69 Å². The quantitative estimate of drug-likeness (QED) is 0.709. The number of nitrogens with zero attached hydrogens (tertiary/aromatic N) is 2. The van der Waals surface area contributed by atoms with Gasteiger partial charge in [-0.15, -0.1) is 0 Å². The van der Waals surface area contributed by atoms with E-state index in [-0.39, 0.29) is 24.2 Å². The highest BCUT2D eigenvalue weighted by atomic mass is 16.5. The van der Waals surface area contributed by atoms with Crippen LogP contribution in [-0.4, -0.2) is 21.5 Å². The molecule has 1 N–H and O–H groups in total. The van der Waals surface area contributed by atoms with Gasteiger partial charge in [-0.2, -0.15) is 0 Å². The molecule has 0 saturated carbocycles. The number of H-pyrrole nitrogens is 1. The van der Waals surface area contributed by atoms with Crippen molar-refractivity contribution in [2.45, 2.75) is 24.9 Å². The van der Waals surface area contributed by atoms with Crippen LogP contribution in [0, 0.1) is 0 Å². The molecule has 2 aromatic carbocycles. The van der Waals surface area contributed by atoms with Gasteiger partial charge in [0.05, 0.1) is 19.7 Å². The van der Waals surface area contributed by atoms with E-state index in [4.69, 9.17) is 4.74 Å². The van der Waals surface area contributed by atoms with Crippen molar-refractivity contribution in [3.63, 3.8) is 0 Å². The van der Waals surface area contributed by atoms with Gasteiger partial charge in [0, 0.05) is 5.92 Å². The molecule has 3 aromatic rings. The standard InChI is InChI=1S/C21H21N3O3/c1-27-17-12-10-15(11-13-17)14-23-20(25)22-24(21(23)26)19-9-5-8-18(19)16-6-3-2-4-7-16/h2-8,10-13,18-19H,9,14H2,1H3,(H,22,25)/t18-,19+/m1/s1. The zero-order valence-corrected chi connectivity index (χ0v) is 15.0. The molecule has 0 spiro atoms. The average Bonchev–Trinajstić information content (AvgIpc) is 3.29. The van der Waals surface area contributed by atoms with Crippen LogP contribution in [0.3, 0.4) is 0 Å². The average molecular weight is 363 g/mol. The van der Waals surface area contributed by atoms with Crippen molar-refractivity contribution in [3.05, 3.63) is 98.8 Å². The molecule has 1 aromatic heterocycles. The van der Waals surface area contributed by atoms with Gasteiger partial charge in [-0.05, 0) is 29.7 Å². The molecular formula is C21H21N3O3. The Bertz CT molecular complexity index is 1060. The van der Waals surface area contributed by atoms with Gasteiger partial charge in [0.15, 0.2) is 0 Å². The van der Waals surface area contributed by atoms with Gasteiger partial charge in [-0.1, -0.05) is 54.6 Å². The number of allylic oxidation sites excluding steroid dienone is 2. The van der Waals surface area contributed by atoms with Crippen molar-refractivity contribution in [1.29, 1.82) is 0 Å². The lowest BCUT2D eigenvalue weighted by Gasteiger charge is -2.19. The van der Waals surface area contributed by atoms with Crippen LogP contribution in [0.2, 0.25) is 0 Å². The van der Waals surface area contributed by atoms with Gasteiger partial charge in [-0.3, -0.25) is 0 Å². The monoisotopic (exact) mass is 363 g/mol. The summed E-state index contributed by atoms with van der Waals surface area (Å²) in [6.45, 7) is 0.224. The molecular weight excluding hydrogens is 342 g/mol. The lowest BCUT2D eigenvalue weighted by molar-refractivity contribution is 0.414. The first-order valence-electron chi connectivity index (χ1n) is 8.93. The molecule has 0 radical (unpaired) electrons. The number of methoxy groups -OCH3 is 1. The third kappa shape index (κ3) is 3.26. The highest BCUT2D eigenvalue weighted by molar-refractivity contribution is 5.29. The van der Waals surface area contributed by atoms with E-state index in [1.807, 2.05) is 54.6 Å². The molecule has 4 rings (SSSR count). The molecule has 0 saturated heterocycles. The summed E-state index contributed by atoms with van der Waals surface area (Å²) in [6, 6.07) is 17.3. The van der Waals surface area contributed by atoms with Crippen LogP contribution >= 0.6 is 0 Å². The molecule has 2 atom stereocenters. The Balaban J connectivity index is 1.64. The Labute approximate surface area is 156 Å². The van der Waals surface area contributed by atoms with E-state index in [1.54, 1.807) is 7.11 Å². The summed E-state index contributed by atoms with van der Waals surface area (Å²) in [7, 11) is 1.60. The van der Waals surface area contributed by atoms with E-state index in [0.717, 1.165) is 16.9 Å². The number of hydrogen-bond donors (Lipinski definition) is 1. The third-order valence-electron chi connectivity index (χ3n) is 5.05. The topological polar surface area (TPSA) is 69.0 Å². The normalized spacial score (nSPS) is 18.7. The van der Waals surface area contributed by atoms with E-state index in [1.165, 1.54) is 9.25 Å². The Kier molecular flexibility index (Phi) is 4.54. The van der Waals surface area contributed by atoms with E-state index in [2.05, 4.69) is 17.3 Å². The van der Waals surface area contributed by atoms with Crippen LogP contribution in [0.5, 0.6) is 5.75 Å². The largest absolute Gasteiger partial charge is 0.497 e. The van der Waals surface area contributed by atoms with Gasteiger partial charge in [0.2, 0.25) is 0 Å². The molecule has 0 unspecified atom stereocenters. The van der Waals surface area contributed by atoms with Crippen molar-refractivity contribution >= 4 is 0 Å². The second kappa shape index (κ2) is 7.15. The second-order valence-electron chi connectivity index (χ2n) is 6.67. The Morgan fingerprint density at radius 2 is 1.81 bits per heavy atom. The number of nitrogens with one attached hydrogen (secondary N) is 1. The predicted octanol–water partition coefficient (Wildman–Crippen LogP) is 2.68. The second-order valence-corrected chi connectivity index (χ2v) is 6.67. The van der Waals surface area contributed by atoms with Gasteiger partial charge < -0.3 is 4.74 Å². The number of ether oxygens (including phenoxy) is 1. The van der Waals surface area contributed by atoms with Crippen molar-refractivity contribution < 1.29 is 4.74 Å². The summed E-state index contributed by atoms with van der Waals surface area (Å²) in [5.74, 6) is 0.802. The van der Waals surface area contributed by atoms with Crippen LogP contribution in [0.25, 0.3) is 0 Å². The fraction of sp³-hybridized carbons (Fsp3) is 0.238. The minimum atomic E-state index is -0.394. The molecule has 27 heavy (non-hydrogen) atoms. The van der Waals surface area contributed by atoms with Crippen LogP contribution in [0.15, 0.2) is 76.3 Å². The molecule has 6 nitrogen and oxygen atoms in total. The zero-order valence-electron chi connectivity index (χ0n) is 15.0. The molecule has 6 heteroatoms. The summed E-state index contributed by atoms with van der Waals surface area (Å²) in [6.07, 6.45) is 4.88. The summed E-state index contributed by atoms with van der Waals surface area (Å²) in [4.78, 5) is 25.4. The van der Waals surface area contributed by atoms with Gasteiger partial charge in [0.25, 0.3) is 0 Å². The molecule has 138 valence electrons. The smallest absolute Gasteiger partial charge is 0.347 e. The van der Waals surface area contributed by atoms with Crippen molar-refractivity contribution in [3.8, 4) is 5.75 Å². The fourth-order valence-corrected chi connectivity index (χ4v) is 3.62. The van der Waals surface area contributed by atoms with Crippen LogP contribution in [0.4, 0.5) is 0 Å². The van der Waals surface area contributed by atoms with Crippen molar-refractivity contribution in [2.24, 2.45) is 0 Å². The first kappa shape index (κ1) is 17.1. The van der Waals surface area contributed by atoms with E-state index in [9.17, 15) is 9.59 Å². The molecule has 0 amide bonds. The third-order valence-corrected chi connectivity index (χ3v) is 5.05. The van der Waals surface area contributed by atoms with Crippen LogP contribution in [-0.2, 0) is 6.54 Å². The SMILES string of the molecule is COc1ccc(Cn2c(=O)[nH]n([C@H]3CC=C[C@@H]3c3ccccc3)c2=O)cc1. The Morgan fingerprint density at radius 3 is 2.52 bits per heavy atom. The van der Waals surface area contributed by atoms with Gasteiger partial charge in [-0.25, -0.2) is 23.9 Å². The number of rotatable bonds is 5. The molecule has 1 aliphatic rings. The highest BCUT2D eigenvalue weighted by Crippen LogP contribution is 2.36. The summed E-state index contributed by atoms with van der Waals surface area (Å²) < 4.78 is 7.86. The molecule has 0 aliphatic heterocycles. The summed E-state index contributed by atoms with van der Waals surface area (Å²) in [5, 5.41) is 2.74.